The second kappa shape index (κ2) is 8.15. The molecule has 4 atom stereocenters. The summed E-state index contributed by atoms with van der Waals surface area (Å²) in [6, 6.07) is 5.24. The predicted octanol–water partition coefficient (Wildman–Crippen LogP) is 2.60. The summed E-state index contributed by atoms with van der Waals surface area (Å²) in [5.74, 6) is -5.05. The maximum atomic E-state index is 13.4. The lowest BCUT2D eigenvalue weighted by Crippen LogP contribution is -2.40. The van der Waals surface area contributed by atoms with Gasteiger partial charge >= 0.3 is 5.97 Å². The van der Waals surface area contributed by atoms with Gasteiger partial charge in [-0.05, 0) is 44.2 Å². The average Bonchev–Trinajstić information content (AvgIpc) is 3.06. The molecule has 1 heterocycles. The number of Topliss-reactive ketones (excluding diaryl/α,β-unsaturated/α-hetero) is 1. The first-order valence-corrected chi connectivity index (χ1v) is 11.7. The van der Waals surface area contributed by atoms with E-state index in [9.17, 15) is 29.1 Å². The first kappa shape index (κ1) is 23.0. The van der Waals surface area contributed by atoms with E-state index in [-0.39, 0.29) is 43.1 Å². The van der Waals surface area contributed by atoms with Crippen LogP contribution in [0.1, 0.15) is 43.2 Å². The van der Waals surface area contributed by atoms with E-state index in [0.29, 0.717) is 27.8 Å². The van der Waals surface area contributed by atoms with Crippen molar-refractivity contribution in [3.63, 3.8) is 0 Å². The number of ketones is 2. The van der Waals surface area contributed by atoms with E-state index >= 15 is 0 Å². The van der Waals surface area contributed by atoms with E-state index in [1.807, 2.05) is 6.08 Å². The minimum absolute atomic E-state index is 0.0254. The highest BCUT2D eigenvalue weighted by Gasteiger charge is 2.56. The van der Waals surface area contributed by atoms with Gasteiger partial charge in [0.1, 0.15) is 5.75 Å². The third-order valence-corrected chi connectivity index (χ3v) is 7.79. The van der Waals surface area contributed by atoms with Crippen molar-refractivity contribution in [1.29, 1.82) is 0 Å². The number of rotatable bonds is 4. The molecule has 1 aliphatic heterocycles. The zero-order valence-electron chi connectivity index (χ0n) is 19.4. The summed E-state index contributed by atoms with van der Waals surface area (Å²) in [5, 5.41) is 20.0. The topological polar surface area (TPSA) is 129 Å². The third-order valence-electron chi connectivity index (χ3n) is 7.79. The van der Waals surface area contributed by atoms with E-state index < -0.39 is 41.5 Å². The van der Waals surface area contributed by atoms with E-state index in [0.717, 1.165) is 10.5 Å². The molecule has 1 aromatic carbocycles. The molecule has 35 heavy (non-hydrogen) atoms. The fraction of sp³-hybridized carbons (Fsp3) is 0.370. The highest BCUT2D eigenvalue weighted by molar-refractivity contribution is 6.24. The van der Waals surface area contributed by atoms with Crippen LogP contribution in [0.2, 0.25) is 0 Å². The van der Waals surface area contributed by atoms with Crippen LogP contribution >= 0.6 is 0 Å². The highest BCUT2D eigenvalue weighted by Crippen LogP contribution is 2.56. The number of amides is 2. The van der Waals surface area contributed by atoms with Crippen LogP contribution in [0.5, 0.6) is 5.75 Å². The Morgan fingerprint density at radius 3 is 2.54 bits per heavy atom. The number of likely N-dealkylation sites (tertiary alicyclic amines) is 1. The summed E-state index contributed by atoms with van der Waals surface area (Å²) >= 11 is 0. The molecule has 8 heteroatoms. The number of para-hydroxylation sites is 1. The number of aromatic hydroxyl groups is 1. The minimum atomic E-state index is -1.10. The molecule has 0 radical (unpaired) electrons. The van der Waals surface area contributed by atoms with E-state index in [4.69, 9.17) is 5.11 Å². The van der Waals surface area contributed by atoms with Crippen LogP contribution in [0.25, 0.3) is 0 Å². The molecule has 4 unspecified atom stereocenters. The van der Waals surface area contributed by atoms with Crippen molar-refractivity contribution in [2.24, 2.45) is 17.8 Å². The Bertz CT molecular complexity index is 1310. The number of carbonyl (C=O) groups excluding carboxylic acids is 4. The van der Waals surface area contributed by atoms with Gasteiger partial charge in [0.25, 0.3) is 0 Å². The van der Waals surface area contributed by atoms with Gasteiger partial charge in [-0.15, -0.1) is 0 Å². The Morgan fingerprint density at radius 2 is 1.83 bits per heavy atom. The number of carboxylic acids is 1. The monoisotopic (exact) mass is 475 g/mol. The Labute approximate surface area is 201 Å². The summed E-state index contributed by atoms with van der Waals surface area (Å²) in [7, 11) is 0. The zero-order valence-corrected chi connectivity index (χ0v) is 19.4. The number of imide groups is 1. The molecule has 2 N–H and O–H groups in total. The molecule has 0 spiro atoms. The molecule has 1 fully saturated rings. The number of fused-ring (bicyclic) bond motifs is 3. The van der Waals surface area contributed by atoms with Crippen LogP contribution in [0, 0.1) is 24.7 Å². The molecule has 0 aromatic heterocycles. The molecular weight excluding hydrogens is 450 g/mol. The smallest absolute Gasteiger partial charge is 0.305 e. The number of nitrogens with zero attached hydrogens (tertiary/aromatic N) is 1. The van der Waals surface area contributed by atoms with Gasteiger partial charge in [0, 0.05) is 34.7 Å². The second-order valence-corrected chi connectivity index (χ2v) is 9.71. The minimum Gasteiger partial charge on any atom is -0.507 e. The van der Waals surface area contributed by atoms with Crippen LogP contribution in [-0.2, 0) is 24.0 Å². The largest absolute Gasteiger partial charge is 0.507 e. The van der Waals surface area contributed by atoms with Crippen molar-refractivity contribution in [1.82, 2.24) is 4.90 Å². The quantitative estimate of drug-likeness (QED) is 0.389. The Hall–Kier alpha value is -3.81. The SMILES string of the molecule is CC1=CC(=O)C2=C(C1=O)C(c1cccc(C)c1O)C1=CCC3C(=O)N(CCC(=O)O)C(=O)C3C1C2. The standard InChI is InChI=1S/C27H25NO7/c1-12-4-3-5-15(24(12)32)21-14-6-7-16-22(27(35)28(26(16)34)9-8-20(30)31)17(14)11-18-19(29)10-13(2)25(33)23(18)21/h3-6,10,16-17,21-22,32H,7-9,11H2,1-2H3,(H,30,31). The first-order chi connectivity index (χ1) is 16.6. The van der Waals surface area contributed by atoms with Crippen LogP contribution < -0.4 is 0 Å². The van der Waals surface area contributed by atoms with Gasteiger partial charge in [0.2, 0.25) is 11.8 Å². The molecule has 180 valence electrons. The van der Waals surface area contributed by atoms with Gasteiger partial charge < -0.3 is 10.2 Å². The molecule has 0 bridgehead atoms. The lowest BCUT2D eigenvalue weighted by atomic mass is 9.59. The molecule has 5 rings (SSSR count). The molecule has 3 aliphatic carbocycles. The molecule has 1 aromatic rings. The van der Waals surface area contributed by atoms with Crippen LogP contribution in [0.4, 0.5) is 0 Å². The van der Waals surface area contributed by atoms with Crippen molar-refractivity contribution in [3.8, 4) is 5.75 Å². The highest BCUT2D eigenvalue weighted by atomic mass is 16.4. The van der Waals surface area contributed by atoms with Gasteiger partial charge in [-0.1, -0.05) is 29.8 Å². The number of hydrogen-bond donors (Lipinski definition) is 2. The number of benzene rings is 1. The molecule has 0 saturated carbocycles. The zero-order chi connectivity index (χ0) is 25.2. The number of aliphatic carboxylic acids is 1. The number of aryl methyl sites for hydroxylation is 1. The van der Waals surface area contributed by atoms with Gasteiger partial charge in [0.15, 0.2) is 11.6 Å². The summed E-state index contributed by atoms with van der Waals surface area (Å²) < 4.78 is 0. The van der Waals surface area contributed by atoms with Gasteiger partial charge in [-0.2, -0.15) is 0 Å². The number of phenols is 1. The number of allylic oxidation sites excluding steroid dienone is 6. The first-order valence-electron chi connectivity index (χ1n) is 11.7. The third kappa shape index (κ3) is 3.38. The van der Waals surface area contributed by atoms with Crippen LogP contribution in [0.3, 0.4) is 0 Å². The van der Waals surface area contributed by atoms with E-state index in [2.05, 4.69) is 0 Å². The van der Waals surface area contributed by atoms with Gasteiger partial charge in [0.05, 0.1) is 18.3 Å². The maximum absolute atomic E-state index is 13.4. The summed E-state index contributed by atoms with van der Waals surface area (Å²) in [6.07, 6.45) is 3.26. The van der Waals surface area contributed by atoms with Crippen LogP contribution in [-0.4, -0.2) is 51.0 Å². The normalized spacial score (nSPS) is 27.9. The van der Waals surface area contributed by atoms with Gasteiger partial charge in [-0.3, -0.25) is 28.9 Å². The number of hydrogen-bond acceptors (Lipinski definition) is 6. The van der Waals surface area contributed by atoms with Crippen molar-refractivity contribution in [2.45, 2.75) is 39.0 Å². The number of carbonyl (C=O) groups is 5. The van der Waals surface area contributed by atoms with Crippen molar-refractivity contribution >= 4 is 29.4 Å². The van der Waals surface area contributed by atoms with Crippen molar-refractivity contribution in [3.05, 3.63) is 63.8 Å². The van der Waals surface area contributed by atoms with Crippen molar-refractivity contribution in [2.75, 3.05) is 6.54 Å². The fourth-order valence-electron chi connectivity index (χ4n) is 6.12. The molecule has 2 amide bonds. The lowest BCUT2D eigenvalue weighted by Gasteiger charge is -2.42. The molecular formula is C27H25NO7. The number of carboxylic acid groups (broad SMARTS) is 1. The summed E-state index contributed by atoms with van der Waals surface area (Å²) in [4.78, 5) is 64.9. The van der Waals surface area contributed by atoms with Gasteiger partial charge in [-0.25, -0.2) is 0 Å². The van der Waals surface area contributed by atoms with Crippen molar-refractivity contribution < 1.29 is 34.2 Å². The summed E-state index contributed by atoms with van der Waals surface area (Å²) in [5.41, 5.74) is 2.83. The Balaban J connectivity index is 1.65. The lowest BCUT2D eigenvalue weighted by molar-refractivity contribution is -0.142. The van der Waals surface area contributed by atoms with Crippen LogP contribution in [0.15, 0.2) is 52.6 Å². The molecule has 4 aliphatic rings. The van der Waals surface area contributed by atoms with E-state index in [1.165, 1.54) is 6.08 Å². The molecule has 8 nitrogen and oxygen atoms in total. The Morgan fingerprint density at radius 1 is 1.09 bits per heavy atom. The van der Waals surface area contributed by atoms with E-state index in [1.54, 1.807) is 32.0 Å². The Kier molecular flexibility index (Phi) is 5.34. The maximum Gasteiger partial charge on any atom is 0.305 e. The second-order valence-electron chi connectivity index (χ2n) is 9.71. The fourth-order valence-corrected chi connectivity index (χ4v) is 6.12. The molecule has 1 saturated heterocycles. The number of phenolic OH excluding ortho intramolecular Hbond substituents is 1. The average molecular weight is 475 g/mol. The summed E-state index contributed by atoms with van der Waals surface area (Å²) in [6.45, 7) is 3.14. The predicted molar refractivity (Wildman–Crippen MR) is 123 cm³/mol.